The number of carbonyl (C=O) groups is 1. The fraction of sp³-hybridized carbons (Fsp3) is 0.300. The van der Waals surface area contributed by atoms with E-state index in [0.717, 1.165) is 30.7 Å². The van der Waals surface area contributed by atoms with E-state index in [1.165, 1.54) is 17.6 Å². The topological polar surface area (TPSA) is 67.8 Å². The second kappa shape index (κ2) is 10.7. The SMILES string of the molecule is CCCSP(=O)(CC)Oc1ccccc1C=NNC(=O)c1ccc(C(F)(F)F)cc1. The minimum Gasteiger partial charge on any atom is -0.435 e. The van der Waals surface area contributed by atoms with Gasteiger partial charge in [-0.05, 0) is 42.8 Å². The smallest absolute Gasteiger partial charge is 0.416 e. The molecule has 162 valence electrons. The van der Waals surface area contributed by atoms with Crippen LogP contribution in [0.1, 0.15) is 41.8 Å². The van der Waals surface area contributed by atoms with Crippen LogP contribution in [0.2, 0.25) is 0 Å². The summed E-state index contributed by atoms with van der Waals surface area (Å²) in [5.41, 5.74) is 1.97. The van der Waals surface area contributed by atoms with E-state index in [0.29, 0.717) is 23.2 Å². The predicted molar refractivity (Wildman–Crippen MR) is 114 cm³/mol. The first-order valence-corrected chi connectivity index (χ1v) is 12.6. The molecule has 1 N–H and O–H groups in total. The quantitative estimate of drug-likeness (QED) is 0.276. The van der Waals surface area contributed by atoms with Crippen molar-refractivity contribution in [2.45, 2.75) is 26.4 Å². The fourth-order valence-electron chi connectivity index (χ4n) is 2.27. The third-order valence-electron chi connectivity index (χ3n) is 3.88. The first kappa shape index (κ1) is 24.0. The summed E-state index contributed by atoms with van der Waals surface area (Å²) in [5, 5.41) is 3.84. The van der Waals surface area contributed by atoms with Crippen LogP contribution >= 0.6 is 18.0 Å². The Morgan fingerprint density at radius 2 is 1.83 bits per heavy atom. The number of amides is 1. The maximum atomic E-state index is 12.9. The van der Waals surface area contributed by atoms with Gasteiger partial charge in [-0.15, -0.1) is 0 Å². The average molecular weight is 458 g/mol. The lowest BCUT2D eigenvalue weighted by atomic mass is 10.1. The predicted octanol–water partition coefficient (Wildman–Crippen LogP) is 6.20. The van der Waals surface area contributed by atoms with Crippen molar-refractivity contribution in [3.63, 3.8) is 0 Å². The van der Waals surface area contributed by atoms with Crippen molar-refractivity contribution in [3.05, 3.63) is 65.2 Å². The molecule has 0 aliphatic rings. The molecule has 0 aliphatic heterocycles. The Balaban J connectivity index is 2.08. The lowest BCUT2D eigenvalue weighted by Gasteiger charge is -2.18. The zero-order chi connectivity index (χ0) is 22.2. The number of rotatable bonds is 9. The molecule has 0 saturated heterocycles. The molecule has 0 bridgehead atoms. The first-order chi connectivity index (χ1) is 14.2. The summed E-state index contributed by atoms with van der Waals surface area (Å²) in [7, 11) is 0. The molecule has 1 atom stereocenters. The van der Waals surface area contributed by atoms with Crippen LogP contribution in [0.15, 0.2) is 53.6 Å². The highest BCUT2D eigenvalue weighted by molar-refractivity contribution is 8.56. The van der Waals surface area contributed by atoms with Crippen LogP contribution in [0.25, 0.3) is 0 Å². The number of halogens is 3. The average Bonchev–Trinajstić information content (AvgIpc) is 2.73. The van der Waals surface area contributed by atoms with Crippen LogP contribution < -0.4 is 9.95 Å². The van der Waals surface area contributed by atoms with E-state index in [1.807, 2.05) is 6.92 Å². The van der Waals surface area contributed by atoms with Gasteiger partial charge in [-0.2, -0.15) is 18.3 Å². The summed E-state index contributed by atoms with van der Waals surface area (Å²) >= 11 is 1.30. The zero-order valence-electron chi connectivity index (χ0n) is 16.5. The summed E-state index contributed by atoms with van der Waals surface area (Å²) in [6.45, 7) is 0.882. The first-order valence-electron chi connectivity index (χ1n) is 9.21. The van der Waals surface area contributed by atoms with Gasteiger partial charge in [0.05, 0.1) is 11.8 Å². The monoisotopic (exact) mass is 458 g/mol. The Bertz CT molecular complexity index is 934. The number of nitrogens with zero attached hydrogens (tertiary/aromatic N) is 1. The van der Waals surface area contributed by atoms with Crippen LogP contribution in [0.4, 0.5) is 13.2 Å². The van der Waals surface area contributed by atoms with Gasteiger partial charge in [-0.1, -0.05) is 37.4 Å². The van der Waals surface area contributed by atoms with Gasteiger partial charge in [-0.25, -0.2) is 5.43 Å². The summed E-state index contributed by atoms with van der Waals surface area (Å²) < 4.78 is 56.5. The molecular formula is C20H22F3N2O3PS. The van der Waals surface area contributed by atoms with Gasteiger partial charge in [0.25, 0.3) is 5.91 Å². The van der Waals surface area contributed by atoms with E-state index < -0.39 is 24.2 Å². The maximum absolute atomic E-state index is 12.9. The Morgan fingerprint density at radius 3 is 2.43 bits per heavy atom. The molecule has 0 aliphatic carbocycles. The van der Waals surface area contributed by atoms with Crippen molar-refractivity contribution in [2.24, 2.45) is 5.10 Å². The molecule has 1 unspecified atom stereocenters. The Morgan fingerprint density at radius 1 is 1.17 bits per heavy atom. The summed E-state index contributed by atoms with van der Waals surface area (Å²) in [6.07, 6.45) is -1.89. The van der Waals surface area contributed by atoms with E-state index in [-0.39, 0.29) is 5.56 Å². The normalized spacial score (nSPS) is 13.8. The van der Waals surface area contributed by atoms with E-state index in [1.54, 1.807) is 31.2 Å². The standard InChI is InChI=1S/C20H22F3N2O3PS/c1-3-13-30-29(27,4-2)28-18-8-6-5-7-16(18)14-24-25-19(26)15-9-11-17(12-10-15)20(21,22)23/h5-12,14H,3-4,13H2,1-2H3,(H,25,26). The molecule has 10 heteroatoms. The molecule has 5 nitrogen and oxygen atoms in total. The Labute approximate surface area is 177 Å². The third kappa shape index (κ3) is 6.92. The van der Waals surface area contributed by atoms with Crippen LogP contribution in [-0.4, -0.2) is 24.0 Å². The van der Waals surface area contributed by atoms with Gasteiger partial charge in [0.2, 0.25) is 0 Å². The third-order valence-corrected chi connectivity index (χ3v) is 8.84. The van der Waals surface area contributed by atoms with Crippen molar-refractivity contribution < 1.29 is 27.1 Å². The molecule has 0 saturated carbocycles. The van der Waals surface area contributed by atoms with Crippen molar-refractivity contribution in [1.29, 1.82) is 0 Å². The van der Waals surface area contributed by atoms with E-state index in [9.17, 15) is 22.5 Å². The van der Waals surface area contributed by atoms with E-state index >= 15 is 0 Å². The van der Waals surface area contributed by atoms with Gasteiger partial charge >= 0.3 is 12.7 Å². The number of hydrogen-bond acceptors (Lipinski definition) is 5. The van der Waals surface area contributed by atoms with Crippen LogP contribution in [-0.2, 0) is 10.7 Å². The van der Waals surface area contributed by atoms with Crippen LogP contribution in [0.5, 0.6) is 5.75 Å². The number of para-hydroxylation sites is 1. The van der Waals surface area contributed by atoms with Crippen molar-refractivity contribution >= 4 is 30.1 Å². The van der Waals surface area contributed by atoms with E-state index in [4.69, 9.17) is 4.52 Å². The lowest BCUT2D eigenvalue weighted by Crippen LogP contribution is -2.18. The molecule has 1 amide bonds. The highest BCUT2D eigenvalue weighted by atomic mass is 32.7. The summed E-state index contributed by atoms with van der Waals surface area (Å²) in [6, 6.07) is 10.6. The molecule has 2 rings (SSSR count). The molecule has 2 aromatic rings. The molecule has 0 fully saturated rings. The minimum absolute atomic E-state index is 0.0381. The molecule has 0 aromatic heterocycles. The van der Waals surface area contributed by atoms with Gasteiger partial charge in [0.1, 0.15) is 5.75 Å². The summed E-state index contributed by atoms with van der Waals surface area (Å²) in [4.78, 5) is 12.1. The largest absolute Gasteiger partial charge is 0.435 e. The van der Waals surface area contributed by atoms with Crippen molar-refractivity contribution in [2.75, 3.05) is 11.9 Å². The number of alkyl halides is 3. The number of hydrazone groups is 1. The van der Waals surface area contributed by atoms with E-state index in [2.05, 4.69) is 10.5 Å². The number of hydrogen-bond donors (Lipinski definition) is 1. The highest BCUT2D eigenvalue weighted by Gasteiger charge is 2.30. The number of benzene rings is 2. The van der Waals surface area contributed by atoms with Gasteiger partial charge < -0.3 is 4.52 Å². The molecular weight excluding hydrogens is 436 g/mol. The second-order valence-corrected chi connectivity index (χ2v) is 11.3. The van der Waals surface area contributed by atoms with Gasteiger partial charge in [0.15, 0.2) is 0 Å². The lowest BCUT2D eigenvalue weighted by molar-refractivity contribution is -0.137. The van der Waals surface area contributed by atoms with Gasteiger partial charge in [0, 0.05) is 23.0 Å². The zero-order valence-corrected chi connectivity index (χ0v) is 18.2. The Hall–Kier alpha value is -2.25. The maximum Gasteiger partial charge on any atom is 0.416 e. The molecule has 0 spiro atoms. The molecule has 0 radical (unpaired) electrons. The van der Waals surface area contributed by atoms with Crippen LogP contribution in [0.3, 0.4) is 0 Å². The number of carbonyl (C=O) groups excluding carboxylic acids is 1. The number of nitrogens with one attached hydrogen (secondary N) is 1. The molecule has 2 aromatic carbocycles. The Kier molecular flexibility index (Phi) is 8.55. The van der Waals surface area contributed by atoms with Crippen molar-refractivity contribution in [1.82, 2.24) is 5.43 Å². The highest BCUT2D eigenvalue weighted by Crippen LogP contribution is 2.59. The molecule has 0 heterocycles. The second-order valence-electron chi connectivity index (χ2n) is 6.16. The minimum atomic E-state index is -4.47. The fourth-order valence-corrected chi connectivity index (χ4v) is 5.89. The van der Waals surface area contributed by atoms with Gasteiger partial charge in [-0.3, -0.25) is 9.36 Å². The van der Waals surface area contributed by atoms with Crippen LogP contribution in [0, 0.1) is 0 Å². The summed E-state index contributed by atoms with van der Waals surface area (Å²) in [5.74, 6) is 0.430. The van der Waals surface area contributed by atoms with Crippen molar-refractivity contribution in [3.8, 4) is 5.75 Å². The molecule has 30 heavy (non-hydrogen) atoms.